The van der Waals surface area contributed by atoms with E-state index in [-0.39, 0.29) is 0 Å². The largest absolute Gasteiger partial charge is 0.351 e. The number of urea groups is 1. The number of nitrogens with zero attached hydrogens (tertiary/aromatic N) is 3. The molecule has 9 heteroatoms. The summed E-state index contributed by atoms with van der Waals surface area (Å²) in [6.07, 6.45) is 1.51. The summed E-state index contributed by atoms with van der Waals surface area (Å²) in [5.74, 6) is 0.401. The fourth-order valence-corrected chi connectivity index (χ4v) is 4.25. The van der Waals surface area contributed by atoms with E-state index in [0.29, 0.717) is 18.1 Å². The van der Waals surface area contributed by atoms with Crippen molar-refractivity contribution in [2.45, 2.75) is 36.7 Å². The Kier molecular flexibility index (Phi) is 6.83. The lowest BCUT2D eigenvalue weighted by atomic mass is 10.1. The van der Waals surface area contributed by atoms with Crippen molar-refractivity contribution in [2.24, 2.45) is 5.73 Å². The average Bonchev–Trinajstić information content (AvgIpc) is 3.31. The van der Waals surface area contributed by atoms with E-state index in [2.05, 4.69) is 33.7 Å². The van der Waals surface area contributed by atoms with Crippen molar-refractivity contribution in [1.29, 1.82) is 0 Å². The van der Waals surface area contributed by atoms with Crippen LogP contribution in [0.25, 0.3) is 0 Å². The van der Waals surface area contributed by atoms with E-state index >= 15 is 0 Å². The number of aromatic nitrogens is 3. The lowest BCUT2D eigenvalue weighted by Crippen LogP contribution is -2.39. The van der Waals surface area contributed by atoms with Crippen LogP contribution >= 0.6 is 23.1 Å². The number of thiophene rings is 1. The number of nitrogens with two attached hydrogens (primary N) is 1. The molecular formula is C19H21N5O2S2. The van der Waals surface area contributed by atoms with Gasteiger partial charge in [-0.25, -0.2) is 4.79 Å². The maximum absolute atomic E-state index is 12.0. The Labute approximate surface area is 171 Å². The van der Waals surface area contributed by atoms with E-state index in [1.165, 1.54) is 22.2 Å². The zero-order valence-corrected chi connectivity index (χ0v) is 17.0. The van der Waals surface area contributed by atoms with Crippen LogP contribution in [0.15, 0.2) is 53.0 Å². The van der Waals surface area contributed by atoms with Crippen molar-refractivity contribution < 1.29 is 9.59 Å². The predicted molar refractivity (Wildman–Crippen MR) is 110 cm³/mol. The minimum Gasteiger partial charge on any atom is -0.351 e. The molecule has 0 unspecified atom stereocenters. The molecule has 3 amide bonds. The first kappa shape index (κ1) is 20.1. The van der Waals surface area contributed by atoms with Crippen molar-refractivity contribution in [3.8, 4) is 0 Å². The molecule has 0 bridgehead atoms. The van der Waals surface area contributed by atoms with Gasteiger partial charge in [0.05, 0.1) is 5.25 Å². The Balaban J connectivity index is 1.78. The van der Waals surface area contributed by atoms with Crippen LogP contribution < -0.4 is 11.1 Å². The molecule has 7 nitrogen and oxygen atoms in total. The van der Waals surface area contributed by atoms with Gasteiger partial charge in [-0.05, 0) is 30.4 Å². The molecule has 0 radical (unpaired) electrons. The lowest BCUT2D eigenvalue weighted by Gasteiger charge is -2.13. The van der Waals surface area contributed by atoms with Gasteiger partial charge >= 0.3 is 6.03 Å². The third-order valence-corrected chi connectivity index (χ3v) is 6.03. The maximum Gasteiger partial charge on any atom is 0.318 e. The van der Waals surface area contributed by atoms with Gasteiger partial charge in [0.2, 0.25) is 5.91 Å². The number of carbonyl (C=O) groups is 2. The highest BCUT2D eigenvalue weighted by Gasteiger charge is 2.21. The maximum atomic E-state index is 12.0. The number of hydrogen-bond acceptors (Lipinski definition) is 6. The molecule has 28 heavy (non-hydrogen) atoms. The highest BCUT2D eigenvalue weighted by molar-refractivity contribution is 8.00. The standard InChI is InChI=1S/C19H21N5O2S2/c1-13(17(25)21-18(20)26)28-19-23-22-16(12-15-8-5-11-27-15)24(19)10-9-14-6-3-2-4-7-14/h2-8,11,13H,9-10,12H2,1H3,(H3,20,21,25,26)/t13-/m1/s1. The fourth-order valence-electron chi connectivity index (χ4n) is 2.65. The highest BCUT2D eigenvalue weighted by Crippen LogP contribution is 2.24. The van der Waals surface area contributed by atoms with Gasteiger partial charge in [0.1, 0.15) is 5.82 Å². The molecule has 0 aliphatic heterocycles. The highest BCUT2D eigenvalue weighted by atomic mass is 32.2. The number of thioether (sulfide) groups is 1. The van der Waals surface area contributed by atoms with Crippen LogP contribution in [-0.2, 0) is 24.2 Å². The minimum atomic E-state index is -0.860. The molecule has 0 saturated heterocycles. The van der Waals surface area contributed by atoms with E-state index in [0.717, 1.165) is 12.2 Å². The molecule has 1 aromatic carbocycles. The second-order valence-electron chi connectivity index (χ2n) is 6.16. The molecule has 3 aromatic rings. The summed E-state index contributed by atoms with van der Waals surface area (Å²) in [4.78, 5) is 24.1. The van der Waals surface area contributed by atoms with Crippen LogP contribution in [0.3, 0.4) is 0 Å². The second-order valence-corrected chi connectivity index (χ2v) is 8.50. The monoisotopic (exact) mass is 415 g/mol. The van der Waals surface area contributed by atoms with E-state index in [4.69, 9.17) is 5.73 Å². The molecule has 0 aliphatic carbocycles. The average molecular weight is 416 g/mol. The third kappa shape index (κ3) is 5.43. The molecule has 2 aromatic heterocycles. The first-order valence-corrected chi connectivity index (χ1v) is 10.5. The summed E-state index contributed by atoms with van der Waals surface area (Å²) < 4.78 is 2.05. The van der Waals surface area contributed by atoms with Crippen LogP contribution in [0.4, 0.5) is 4.79 Å². The molecule has 0 fully saturated rings. The van der Waals surface area contributed by atoms with Crippen molar-refractivity contribution in [2.75, 3.05) is 0 Å². The Morgan fingerprint density at radius 3 is 2.68 bits per heavy atom. The molecule has 146 valence electrons. The van der Waals surface area contributed by atoms with Crippen molar-refractivity contribution in [3.05, 3.63) is 64.1 Å². The third-order valence-electron chi connectivity index (χ3n) is 4.07. The predicted octanol–water partition coefficient (Wildman–Crippen LogP) is 2.85. The first-order valence-electron chi connectivity index (χ1n) is 8.78. The van der Waals surface area contributed by atoms with E-state index in [1.807, 2.05) is 34.2 Å². The number of carbonyl (C=O) groups excluding carboxylic acids is 2. The van der Waals surface area contributed by atoms with E-state index < -0.39 is 17.2 Å². The topological polar surface area (TPSA) is 103 Å². The van der Waals surface area contributed by atoms with Crippen LogP contribution in [0.5, 0.6) is 0 Å². The van der Waals surface area contributed by atoms with E-state index in [1.54, 1.807) is 18.3 Å². The Morgan fingerprint density at radius 2 is 2.00 bits per heavy atom. The molecule has 2 heterocycles. The van der Waals surface area contributed by atoms with Gasteiger partial charge in [0.15, 0.2) is 5.16 Å². The Hall–Kier alpha value is -2.65. The molecule has 0 saturated carbocycles. The van der Waals surface area contributed by atoms with Gasteiger partial charge in [-0.2, -0.15) is 0 Å². The number of rotatable bonds is 8. The number of nitrogens with one attached hydrogen (secondary N) is 1. The van der Waals surface area contributed by atoms with Gasteiger partial charge in [0.25, 0.3) is 0 Å². The van der Waals surface area contributed by atoms with Crippen LogP contribution in [-0.4, -0.2) is 32.0 Å². The summed E-state index contributed by atoms with van der Waals surface area (Å²) in [6, 6.07) is 13.4. The van der Waals surface area contributed by atoms with Gasteiger partial charge in [-0.1, -0.05) is 48.2 Å². The van der Waals surface area contributed by atoms with E-state index in [9.17, 15) is 9.59 Å². The zero-order valence-electron chi connectivity index (χ0n) is 15.4. The van der Waals surface area contributed by atoms with Gasteiger partial charge < -0.3 is 10.3 Å². The Morgan fingerprint density at radius 1 is 1.21 bits per heavy atom. The summed E-state index contributed by atoms with van der Waals surface area (Å²) in [5.41, 5.74) is 6.25. The summed E-state index contributed by atoms with van der Waals surface area (Å²) in [6.45, 7) is 2.41. The fraction of sp³-hybridized carbons (Fsp3) is 0.263. The smallest absolute Gasteiger partial charge is 0.318 e. The molecular weight excluding hydrogens is 394 g/mol. The van der Waals surface area contributed by atoms with Crippen LogP contribution in [0.1, 0.15) is 23.2 Å². The van der Waals surface area contributed by atoms with Gasteiger partial charge in [-0.3, -0.25) is 10.1 Å². The Bertz CT molecular complexity index is 925. The van der Waals surface area contributed by atoms with Gasteiger partial charge in [0, 0.05) is 17.8 Å². The molecule has 0 aliphatic rings. The minimum absolute atomic E-state index is 0.449. The van der Waals surface area contributed by atoms with Crippen LogP contribution in [0.2, 0.25) is 0 Å². The van der Waals surface area contributed by atoms with Crippen molar-refractivity contribution in [3.63, 3.8) is 0 Å². The summed E-state index contributed by atoms with van der Waals surface area (Å²) in [5, 5.41) is 12.9. The lowest BCUT2D eigenvalue weighted by molar-refractivity contribution is -0.119. The number of hydrogen-bond donors (Lipinski definition) is 2. The SMILES string of the molecule is C[C@@H](Sc1nnc(Cc2cccs2)n1CCc1ccccc1)C(=O)NC(N)=O. The number of aryl methyl sites for hydroxylation is 1. The van der Waals surface area contributed by atoms with Crippen molar-refractivity contribution >= 4 is 35.0 Å². The summed E-state index contributed by atoms with van der Waals surface area (Å²) in [7, 11) is 0. The van der Waals surface area contributed by atoms with Crippen LogP contribution in [0, 0.1) is 0 Å². The number of primary amides is 1. The second kappa shape index (κ2) is 9.52. The number of imide groups is 1. The number of amides is 3. The first-order chi connectivity index (χ1) is 13.5. The molecule has 1 atom stereocenters. The molecule has 3 N–H and O–H groups in total. The number of benzene rings is 1. The van der Waals surface area contributed by atoms with Crippen molar-refractivity contribution in [1.82, 2.24) is 20.1 Å². The zero-order chi connectivity index (χ0) is 19.9. The molecule has 3 rings (SSSR count). The molecule has 0 spiro atoms. The summed E-state index contributed by atoms with van der Waals surface area (Å²) >= 11 is 2.93. The van der Waals surface area contributed by atoms with Gasteiger partial charge in [-0.15, -0.1) is 21.5 Å². The normalized spacial score (nSPS) is 11.9. The quantitative estimate of drug-likeness (QED) is 0.551.